The minimum Gasteiger partial charge on any atom is -0.383 e. The molecule has 0 saturated heterocycles. The van der Waals surface area contributed by atoms with Gasteiger partial charge in [0.25, 0.3) is 0 Å². The molecule has 0 saturated carbocycles. The van der Waals surface area contributed by atoms with Crippen molar-refractivity contribution >= 4 is 16.6 Å². The summed E-state index contributed by atoms with van der Waals surface area (Å²) in [4.78, 5) is 3.27. The lowest BCUT2D eigenvalue weighted by Crippen LogP contribution is -2.00. The molecule has 0 radical (unpaired) electrons. The molecule has 2 heteroatoms. The van der Waals surface area contributed by atoms with Crippen molar-refractivity contribution in [2.45, 2.75) is 26.2 Å². The lowest BCUT2D eigenvalue weighted by atomic mass is 10.2. The molecular weight excluding hydrogens is 184 g/mol. The van der Waals surface area contributed by atoms with Crippen LogP contribution < -0.4 is 5.32 Å². The van der Waals surface area contributed by atoms with E-state index >= 15 is 0 Å². The molecule has 0 amide bonds. The summed E-state index contributed by atoms with van der Waals surface area (Å²) in [6.45, 7) is 3.29. The molecule has 0 spiro atoms. The van der Waals surface area contributed by atoms with Crippen LogP contribution in [0.4, 0.5) is 5.69 Å². The predicted octanol–water partition coefficient (Wildman–Crippen LogP) is 3.77. The summed E-state index contributed by atoms with van der Waals surface area (Å²) < 4.78 is 0. The number of fused-ring (bicyclic) bond motifs is 1. The highest BCUT2D eigenvalue weighted by Crippen LogP contribution is 2.22. The Bertz CT molecular complexity index is 417. The molecule has 1 aromatic heterocycles. The van der Waals surface area contributed by atoms with Crippen LogP contribution in [0.1, 0.15) is 26.2 Å². The fourth-order valence-electron chi connectivity index (χ4n) is 1.82. The second-order valence-electron chi connectivity index (χ2n) is 3.88. The first-order valence-electron chi connectivity index (χ1n) is 5.72. The van der Waals surface area contributed by atoms with Gasteiger partial charge in [-0.15, -0.1) is 0 Å². The van der Waals surface area contributed by atoms with Crippen LogP contribution in [0.2, 0.25) is 0 Å². The van der Waals surface area contributed by atoms with Crippen molar-refractivity contribution in [2.75, 3.05) is 11.9 Å². The molecule has 0 unspecified atom stereocenters. The van der Waals surface area contributed by atoms with E-state index in [1.54, 1.807) is 0 Å². The zero-order chi connectivity index (χ0) is 10.5. The van der Waals surface area contributed by atoms with Crippen molar-refractivity contribution in [3.63, 3.8) is 0 Å². The van der Waals surface area contributed by atoms with Crippen LogP contribution in [0.3, 0.4) is 0 Å². The number of hydrogen-bond acceptors (Lipinski definition) is 1. The number of aromatic nitrogens is 1. The molecule has 2 aromatic rings. The second-order valence-corrected chi connectivity index (χ2v) is 3.88. The molecule has 2 N–H and O–H groups in total. The number of para-hydroxylation sites is 1. The summed E-state index contributed by atoms with van der Waals surface area (Å²) >= 11 is 0. The van der Waals surface area contributed by atoms with Gasteiger partial charge >= 0.3 is 0 Å². The first-order chi connectivity index (χ1) is 7.42. The zero-order valence-corrected chi connectivity index (χ0v) is 9.22. The first-order valence-corrected chi connectivity index (χ1v) is 5.72. The van der Waals surface area contributed by atoms with Crippen molar-refractivity contribution in [2.24, 2.45) is 0 Å². The number of unbranched alkanes of at least 4 members (excludes halogenated alkanes) is 2. The third kappa shape index (κ3) is 2.32. The Hall–Kier alpha value is -1.44. The molecule has 0 aliphatic carbocycles. The third-order valence-electron chi connectivity index (χ3n) is 2.69. The van der Waals surface area contributed by atoms with Gasteiger partial charge in [0.1, 0.15) is 0 Å². The highest BCUT2D eigenvalue weighted by Gasteiger charge is 2.00. The average Bonchev–Trinajstić information content (AvgIpc) is 2.68. The molecule has 0 bridgehead atoms. The Morgan fingerprint density at radius 2 is 2.07 bits per heavy atom. The van der Waals surface area contributed by atoms with Crippen molar-refractivity contribution in [3.05, 3.63) is 30.5 Å². The normalized spacial score (nSPS) is 10.7. The Morgan fingerprint density at radius 3 is 2.93 bits per heavy atom. The maximum Gasteiger partial charge on any atom is 0.0597 e. The fourth-order valence-corrected chi connectivity index (χ4v) is 1.82. The quantitative estimate of drug-likeness (QED) is 0.710. The van der Waals surface area contributed by atoms with E-state index in [2.05, 4.69) is 47.7 Å². The van der Waals surface area contributed by atoms with E-state index in [-0.39, 0.29) is 0 Å². The SMILES string of the molecule is CCCCCNc1c[nH]c2ccccc12. The van der Waals surface area contributed by atoms with Gasteiger partial charge in [-0.25, -0.2) is 0 Å². The van der Waals surface area contributed by atoms with Gasteiger partial charge in [0.2, 0.25) is 0 Å². The van der Waals surface area contributed by atoms with Crippen molar-refractivity contribution < 1.29 is 0 Å². The molecule has 0 fully saturated rings. The Kier molecular flexibility index (Phi) is 3.28. The number of rotatable bonds is 5. The maximum atomic E-state index is 3.47. The van der Waals surface area contributed by atoms with E-state index in [1.807, 2.05) is 0 Å². The van der Waals surface area contributed by atoms with Gasteiger partial charge in [-0.1, -0.05) is 38.0 Å². The van der Waals surface area contributed by atoms with Crippen molar-refractivity contribution in [3.8, 4) is 0 Å². The monoisotopic (exact) mass is 202 g/mol. The van der Waals surface area contributed by atoms with Crippen LogP contribution in [0.15, 0.2) is 30.5 Å². The van der Waals surface area contributed by atoms with Crippen LogP contribution in [0.25, 0.3) is 10.9 Å². The number of anilines is 1. The second kappa shape index (κ2) is 4.87. The Morgan fingerprint density at radius 1 is 1.20 bits per heavy atom. The van der Waals surface area contributed by atoms with E-state index < -0.39 is 0 Å². The third-order valence-corrected chi connectivity index (χ3v) is 2.69. The summed E-state index contributed by atoms with van der Waals surface area (Å²) in [5, 5.41) is 4.76. The molecule has 1 heterocycles. The largest absolute Gasteiger partial charge is 0.383 e. The Labute approximate surface area is 90.7 Å². The van der Waals surface area contributed by atoms with E-state index in [0.29, 0.717) is 0 Å². The highest BCUT2D eigenvalue weighted by atomic mass is 14.9. The van der Waals surface area contributed by atoms with Crippen LogP contribution in [-0.4, -0.2) is 11.5 Å². The van der Waals surface area contributed by atoms with Crippen LogP contribution in [0.5, 0.6) is 0 Å². The van der Waals surface area contributed by atoms with E-state index in [4.69, 9.17) is 0 Å². The number of aromatic amines is 1. The summed E-state index contributed by atoms with van der Waals surface area (Å²) in [7, 11) is 0. The number of hydrogen-bond donors (Lipinski definition) is 2. The van der Waals surface area contributed by atoms with E-state index in [1.165, 1.54) is 35.9 Å². The lowest BCUT2D eigenvalue weighted by molar-refractivity contribution is 0.744. The average molecular weight is 202 g/mol. The van der Waals surface area contributed by atoms with Gasteiger partial charge < -0.3 is 10.3 Å². The summed E-state index contributed by atoms with van der Waals surface area (Å²) in [5.41, 5.74) is 2.43. The topological polar surface area (TPSA) is 27.8 Å². The number of nitrogens with one attached hydrogen (secondary N) is 2. The number of benzene rings is 1. The molecule has 15 heavy (non-hydrogen) atoms. The smallest absolute Gasteiger partial charge is 0.0597 e. The summed E-state index contributed by atoms with van der Waals surface area (Å²) in [6, 6.07) is 8.38. The Balaban J connectivity index is 2.02. The number of H-pyrrole nitrogens is 1. The molecule has 0 atom stereocenters. The van der Waals surface area contributed by atoms with Gasteiger partial charge in [0.15, 0.2) is 0 Å². The van der Waals surface area contributed by atoms with Gasteiger partial charge in [-0.2, -0.15) is 0 Å². The molecule has 1 aromatic carbocycles. The fraction of sp³-hybridized carbons (Fsp3) is 0.385. The zero-order valence-electron chi connectivity index (χ0n) is 9.22. The van der Waals surface area contributed by atoms with Crippen LogP contribution in [0, 0.1) is 0 Å². The maximum absolute atomic E-state index is 3.47. The van der Waals surface area contributed by atoms with Crippen molar-refractivity contribution in [1.29, 1.82) is 0 Å². The highest BCUT2D eigenvalue weighted by molar-refractivity contribution is 5.92. The molecule has 2 rings (SSSR count). The van der Waals surface area contributed by atoms with Gasteiger partial charge in [-0.05, 0) is 12.5 Å². The van der Waals surface area contributed by atoms with Crippen LogP contribution >= 0.6 is 0 Å². The summed E-state index contributed by atoms with van der Waals surface area (Å²) in [5.74, 6) is 0. The molecule has 80 valence electrons. The minimum atomic E-state index is 1.07. The van der Waals surface area contributed by atoms with Gasteiger partial charge in [-0.3, -0.25) is 0 Å². The molecule has 0 aliphatic heterocycles. The van der Waals surface area contributed by atoms with E-state index in [0.717, 1.165) is 6.54 Å². The first kappa shape index (κ1) is 10.1. The molecular formula is C13H18N2. The van der Waals surface area contributed by atoms with Crippen molar-refractivity contribution in [1.82, 2.24) is 4.98 Å². The van der Waals surface area contributed by atoms with E-state index in [9.17, 15) is 0 Å². The molecule has 0 aliphatic rings. The lowest BCUT2D eigenvalue weighted by Gasteiger charge is -2.03. The van der Waals surface area contributed by atoms with Crippen LogP contribution in [-0.2, 0) is 0 Å². The van der Waals surface area contributed by atoms with Gasteiger partial charge in [0, 0.05) is 23.6 Å². The summed E-state index contributed by atoms with van der Waals surface area (Å²) in [6.07, 6.45) is 5.87. The standard InChI is InChI=1S/C13H18N2/c1-2-3-6-9-14-13-10-15-12-8-5-4-7-11(12)13/h4-5,7-8,10,14-15H,2-3,6,9H2,1H3. The molecule has 2 nitrogen and oxygen atoms in total. The predicted molar refractivity (Wildman–Crippen MR) is 66.3 cm³/mol. The minimum absolute atomic E-state index is 1.07. The van der Waals surface area contributed by atoms with Gasteiger partial charge in [0.05, 0.1) is 5.69 Å².